The van der Waals surface area contributed by atoms with Gasteiger partial charge in [-0.1, -0.05) is 25.1 Å². The first-order valence-corrected chi connectivity index (χ1v) is 13.1. The molecule has 1 unspecified atom stereocenters. The molecule has 1 fully saturated rings. The van der Waals surface area contributed by atoms with Crippen LogP contribution in [0.25, 0.3) is 33.9 Å². The Balaban J connectivity index is 1.52. The van der Waals surface area contributed by atoms with Gasteiger partial charge >= 0.3 is 12.2 Å². The van der Waals surface area contributed by atoms with Crippen LogP contribution in [-0.4, -0.2) is 41.3 Å². The second-order valence-corrected chi connectivity index (χ2v) is 11.0. The molecule has 200 valence electrons. The molecule has 3 heterocycles. The number of alkyl halides is 5. The number of ether oxygens (including phenoxy) is 2. The van der Waals surface area contributed by atoms with Gasteiger partial charge < -0.3 is 18.6 Å². The molecule has 13 heteroatoms. The van der Waals surface area contributed by atoms with Crippen molar-refractivity contribution in [2.75, 3.05) is 5.75 Å². The summed E-state index contributed by atoms with van der Waals surface area (Å²) in [5.41, 5.74) is 0.492. The zero-order valence-corrected chi connectivity index (χ0v) is 21.2. The summed E-state index contributed by atoms with van der Waals surface area (Å²) >= 11 is 0. The smallest absolute Gasteiger partial charge is 0.421 e. The van der Waals surface area contributed by atoms with Crippen LogP contribution in [0.15, 0.2) is 41.4 Å². The maximum absolute atomic E-state index is 14.8. The first kappa shape index (κ1) is 24.8. The van der Waals surface area contributed by atoms with Gasteiger partial charge in [-0.25, -0.2) is 14.4 Å². The molecule has 7 nitrogen and oxygen atoms in total. The summed E-state index contributed by atoms with van der Waals surface area (Å²) in [5, 5.41) is 0.350. The Kier molecular flexibility index (Phi) is 5.24. The molecule has 4 aromatic rings. The fourth-order valence-corrected chi connectivity index (χ4v) is 5.60. The molecule has 0 N–H and O–H groups in total. The summed E-state index contributed by atoms with van der Waals surface area (Å²) < 4.78 is 94.5. The molecule has 1 saturated carbocycles. The Labute approximate surface area is 215 Å². The maximum Gasteiger partial charge on any atom is 0.507 e. The number of imidazole rings is 2. The first-order chi connectivity index (χ1) is 17.8. The number of rotatable bonds is 5. The summed E-state index contributed by atoms with van der Waals surface area (Å²) in [7, 11) is 1.77. The number of nitrogens with zero attached hydrogens (tertiary/aromatic N) is 4. The molecular formula is C25H21F5N4O3S. The van der Waals surface area contributed by atoms with Crippen molar-refractivity contribution in [3.63, 3.8) is 0 Å². The van der Waals surface area contributed by atoms with Gasteiger partial charge in [0.25, 0.3) is 0 Å². The molecule has 2 aliphatic rings. The molecule has 1 atom stereocenters. The third-order valence-electron chi connectivity index (χ3n) is 6.82. The highest BCUT2D eigenvalue weighted by atomic mass is 32.2. The van der Waals surface area contributed by atoms with Crippen molar-refractivity contribution in [1.29, 1.82) is 0 Å². The van der Waals surface area contributed by atoms with Gasteiger partial charge in [-0.15, -0.1) is 0 Å². The largest absolute Gasteiger partial charge is 0.507 e. The van der Waals surface area contributed by atoms with Crippen molar-refractivity contribution in [2.45, 2.75) is 42.7 Å². The molecule has 6 rings (SSSR count). The number of benzene rings is 2. The Bertz CT molecular complexity index is 1640. The number of aryl methyl sites for hydroxylation is 1. The zero-order chi connectivity index (χ0) is 27.2. The number of aromatic nitrogens is 4. The van der Waals surface area contributed by atoms with Gasteiger partial charge in [-0.2, -0.15) is 17.6 Å². The van der Waals surface area contributed by atoms with E-state index in [1.54, 1.807) is 49.9 Å². The summed E-state index contributed by atoms with van der Waals surface area (Å²) in [6.07, 6.45) is -8.83. The summed E-state index contributed by atoms with van der Waals surface area (Å²) in [5.74, 6) is -0.239. The number of hydrogen-bond donors (Lipinski definition) is 0. The van der Waals surface area contributed by atoms with Crippen molar-refractivity contribution in [3.05, 3.63) is 42.0 Å². The van der Waals surface area contributed by atoms with Crippen LogP contribution < -0.4 is 9.47 Å². The summed E-state index contributed by atoms with van der Waals surface area (Å²) in [4.78, 5) is 9.22. The Morgan fingerprint density at radius 1 is 0.921 bits per heavy atom. The second kappa shape index (κ2) is 8.01. The highest BCUT2D eigenvalue weighted by Gasteiger charge is 2.66. The topological polar surface area (TPSA) is 71.2 Å². The van der Waals surface area contributed by atoms with Gasteiger partial charge in [-0.05, 0) is 24.5 Å². The molecule has 2 aromatic heterocycles. The van der Waals surface area contributed by atoms with E-state index in [4.69, 9.17) is 4.98 Å². The van der Waals surface area contributed by atoms with Crippen LogP contribution in [0.3, 0.4) is 0 Å². The molecule has 1 aliphatic heterocycles. The maximum atomic E-state index is 14.8. The lowest BCUT2D eigenvalue weighted by Crippen LogP contribution is -2.52. The zero-order valence-electron chi connectivity index (χ0n) is 20.4. The monoisotopic (exact) mass is 552 g/mol. The van der Waals surface area contributed by atoms with Crippen molar-refractivity contribution in [1.82, 2.24) is 19.1 Å². The van der Waals surface area contributed by atoms with E-state index in [0.29, 0.717) is 34.8 Å². The molecule has 0 amide bonds. The van der Waals surface area contributed by atoms with Gasteiger partial charge in [0.1, 0.15) is 22.2 Å². The summed E-state index contributed by atoms with van der Waals surface area (Å²) in [6, 6.07) is 9.16. The minimum absolute atomic E-state index is 0.154. The van der Waals surface area contributed by atoms with E-state index in [0.717, 1.165) is 12.1 Å². The molecule has 0 bridgehead atoms. The van der Waals surface area contributed by atoms with Gasteiger partial charge in [-0.3, -0.25) is 4.21 Å². The van der Waals surface area contributed by atoms with Crippen LogP contribution in [0.5, 0.6) is 11.5 Å². The van der Waals surface area contributed by atoms with E-state index in [1.807, 2.05) is 0 Å². The molecule has 38 heavy (non-hydrogen) atoms. The minimum Gasteiger partial charge on any atom is -0.421 e. The lowest BCUT2D eigenvalue weighted by Gasteiger charge is -2.31. The van der Waals surface area contributed by atoms with E-state index >= 15 is 0 Å². The van der Waals surface area contributed by atoms with Crippen molar-refractivity contribution < 1.29 is 35.6 Å². The molecule has 0 spiro atoms. The average molecular weight is 553 g/mol. The molecular weight excluding hydrogens is 531 g/mol. The average Bonchev–Trinajstić information content (AvgIpc) is 3.42. The quantitative estimate of drug-likeness (QED) is 0.298. The fourth-order valence-electron chi connectivity index (χ4n) is 4.59. The Morgan fingerprint density at radius 2 is 1.58 bits per heavy atom. The van der Waals surface area contributed by atoms with Crippen molar-refractivity contribution >= 4 is 21.8 Å². The van der Waals surface area contributed by atoms with Gasteiger partial charge in [0.05, 0.1) is 21.8 Å². The first-order valence-electron chi connectivity index (χ1n) is 11.7. The number of fused-ring (bicyclic) bond motifs is 2. The fraction of sp³-hybridized carbons (Fsp3) is 0.360. The van der Waals surface area contributed by atoms with E-state index in [-0.39, 0.29) is 28.3 Å². The SMILES string of the molecule is CCS(=O)c1c(-c2nc3cc4c(cc3n2C)OC(F)(F)C(F)(F)O4)nc(-c2cccc(C3(F)CC3)c2)n1C. The van der Waals surface area contributed by atoms with E-state index in [1.165, 1.54) is 4.57 Å². The predicted molar refractivity (Wildman–Crippen MR) is 128 cm³/mol. The van der Waals surface area contributed by atoms with Crippen LogP contribution in [0.4, 0.5) is 22.0 Å². The van der Waals surface area contributed by atoms with Gasteiger partial charge in [0.15, 0.2) is 17.3 Å². The van der Waals surface area contributed by atoms with E-state index in [2.05, 4.69) is 14.5 Å². The predicted octanol–water partition coefficient (Wildman–Crippen LogP) is 5.68. The van der Waals surface area contributed by atoms with E-state index < -0.39 is 40.2 Å². The van der Waals surface area contributed by atoms with Crippen LogP contribution in [0, 0.1) is 0 Å². The summed E-state index contributed by atoms with van der Waals surface area (Å²) in [6.45, 7) is 1.74. The molecule has 0 radical (unpaired) electrons. The third kappa shape index (κ3) is 3.62. The minimum atomic E-state index is -4.86. The highest BCUT2D eigenvalue weighted by Crippen LogP contribution is 2.50. The van der Waals surface area contributed by atoms with Gasteiger partial charge in [0, 0.05) is 37.5 Å². The lowest BCUT2D eigenvalue weighted by molar-refractivity contribution is -0.391. The van der Waals surface area contributed by atoms with Crippen molar-refractivity contribution in [2.24, 2.45) is 14.1 Å². The van der Waals surface area contributed by atoms with Crippen LogP contribution >= 0.6 is 0 Å². The molecule has 2 aromatic carbocycles. The third-order valence-corrected chi connectivity index (χ3v) is 8.24. The lowest BCUT2D eigenvalue weighted by atomic mass is 10.1. The Morgan fingerprint density at radius 3 is 2.21 bits per heavy atom. The van der Waals surface area contributed by atoms with Crippen LogP contribution in [0.1, 0.15) is 25.3 Å². The second-order valence-electron chi connectivity index (χ2n) is 9.35. The van der Waals surface area contributed by atoms with E-state index in [9.17, 15) is 26.2 Å². The standard InChI is InChI=1S/C25H21F5N4O3S/c1-4-38(35)22-19(32-20(34(22)3)13-6-5-7-14(10-13)23(26)8-9-23)21-31-15-11-17-18(12-16(15)33(21)2)37-25(29,30)24(27,28)36-17/h5-7,10-12H,4,8-9H2,1-3H3. The van der Waals surface area contributed by atoms with Crippen LogP contribution in [-0.2, 0) is 30.6 Å². The highest BCUT2D eigenvalue weighted by molar-refractivity contribution is 7.85. The number of hydrogen-bond acceptors (Lipinski definition) is 5. The Hall–Kier alpha value is -3.48. The van der Waals surface area contributed by atoms with Crippen LogP contribution in [0.2, 0.25) is 0 Å². The normalized spacial score (nSPS) is 19.5. The molecule has 1 aliphatic carbocycles. The van der Waals surface area contributed by atoms with Crippen molar-refractivity contribution in [3.8, 4) is 34.4 Å². The molecule has 0 saturated heterocycles. The number of halogens is 5. The van der Waals surface area contributed by atoms with Gasteiger partial charge in [0.2, 0.25) is 0 Å².